The van der Waals surface area contributed by atoms with Gasteiger partial charge in [0.25, 0.3) is 0 Å². The van der Waals surface area contributed by atoms with E-state index < -0.39 is 0 Å². The topological polar surface area (TPSA) is 49.4 Å². The lowest BCUT2D eigenvalue weighted by Crippen LogP contribution is -2.29. The molecule has 1 aliphatic rings. The summed E-state index contributed by atoms with van der Waals surface area (Å²) < 4.78 is 0. The lowest BCUT2D eigenvalue weighted by molar-refractivity contribution is -0.130. The summed E-state index contributed by atoms with van der Waals surface area (Å²) in [5.74, 6) is -0.203. The maximum absolute atomic E-state index is 11.2. The summed E-state index contributed by atoms with van der Waals surface area (Å²) in [5, 5.41) is 2.42. The number of rotatable bonds is 0. The molecule has 18 heavy (non-hydrogen) atoms. The molecule has 0 aromatic carbocycles. The molecule has 2 amide bonds. The molecule has 0 unspecified atom stereocenters. The van der Waals surface area contributed by atoms with Gasteiger partial charge in [-0.25, -0.2) is 0 Å². The van der Waals surface area contributed by atoms with E-state index in [4.69, 9.17) is 0 Å². The predicted molar refractivity (Wildman–Crippen MR) is 74.3 cm³/mol. The SMILES string of the molecule is CN(C)C.O=C1CCCCCCCCCC(=O)N1. The van der Waals surface area contributed by atoms with Crippen LogP contribution in [0.5, 0.6) is 0 Å². The Bertz CT molecular complexity index is 217. The Morgan fingerprint density at radius 2 is 1.00 bits per heavy atom. The molecule has 0 aromatic heterocycles. The van der Waals surface area contributed by atoms with Crippen molar-refractivity contribution in [2.24, 2.45) is 0 Å². The van der Waals surface area contributed by atoms with Crippen molar-refractivity contribution in [3.05, 3.63) is 0 Å². The summed E-state index contributed by atoms with van der Waals surface area (Å²) in [6, 6.07) is 0. The second-order valence-corrected chi connectivity index (χ2v) is 5.29. The van der Waals surface area contributed by atoms with Crippen LogP contribution in [-0.2, 0) is 9.59 Å². The van der Waals surface area contributed by atoms with E-state index in [-0.39, 0.29) is 11.8 Å². The Balaban J connectivity index is 0.000000631. The number of carbonyl (C=O) groups is 2. The molecule has 1 rings (SSSR count). The van der Waals surface area contributed by atoms with Crippen LogP contribution < -0.4 is 5.32 Å². The summed E-state index contributed by atoms with van der Waals surface area (Å²) in [5.41, 5.74) is 0. The van der Waals surface area contributed by atoms with E-state index >= 15 is 0 Å². The summed E-state index contributed by atoms with van der Waals surface area (Å²) in [4.78, 5) is 24.4. The van der Waals surface area contributed by atoms with Crippen molar-refractivity contribution < 1.29 is 9.59 Å². The lowest BCUT2D eigenvalue weighted by Gasteiger charge is -2.06. The molecule has 0 aromatic rings. The maximum Gasteiger partial charge on any atom is 0.226 e. The van der Waals surface area contributed by atoms with Gasteiger partial charge in [-0.15, -0.1) is 0 Å². The van der Waals surface area contributed by atoms with E-state index in [2.05, 4.69) is 5.32 Å². The van der Waals surface area contributed by atoms with E-state index in [9.17, 15) is 9.59 Å². The van der Waals surface area contributed by atoms with Gasteiger partial charge in [0.2, 0.25) is 11.8 Å². The zero-order valence-electron chi connectivity index (χ0n) is 12.1. The van der Waals surface area contributed by atoms with Crippen LogP contribution in [0.25, 0.3) is 0 Å². The van der Waals surface area contributed by atoms with Gasteiger partial charge in [0.1, 0.15) is 0 Å². The molecule has 0 bridgehead atoms. The van der Waals surface area contributed by atoms with Crippen LogP contribution in [0.15, 0.2) is 0 Å². The number of nitrogens with zero attached hydrogens (tertiary/aromatic N) is 1. The van der Waals surface area contributed by atoms with Crippen molar-refractivity contribution in [2.45, 2.75) is 57.8 Å². The number of imide groups is 1. The molecule has 0 radical (unpaired) electrons. The van der Waals surface area contributed by atoms with Crippen LogP contribution in [0.3, 0.4) is 0 Å². The summed E-state index contributed by atoms with van der Waals surface area (Å²) >= 11 is 0. The predicted octanol–water partition coefficient (Wildman–Crippen LogP) is 2.33. The molecular formula is C14H28N2O2. The van der Waals surface area contributed by atoms with Gasteiger partial charge in [0.05, 0.1) is 0 Å². The van der Waals surface area contributed by atoms with Crippen LogP contribution in [0.2, 0.25) is 0 Å². The molecule has 0 atom stereocenters. The van der Waals surface area contributed by atoms with Gasteiger partial charge in [0, 0.05) is 12.8 Å². The highest BCUT2D eigenvalue weighted by atomic mass is 16.2. The Hall–Kier alpha value is -0.900. The van der Waals surface area contributed by atoms with E-state index in [1.165, 1.54) is 19.3 Å². The van der Waals surface area contributed by atoms with Crippen molar-refractivity contribution >= 4 is 11.8 Å². The number of carbonyl (C=O) groups excluding carboxylic acids is 2. The first-order valence-electron chi connectivity index (χ1n) is 6.96. The van der Waals surface area contributed by atoms with Gasteiger partial charge >= 0.3 is 0 Å². The van der Waals surface area contributed by atoms with Crippen LogP contribution in [0.4, 0.5) is 0 Å². The monoisotopic (exact) mass is 256 g/mol. The standard InChI is InChI=1S/C11H19NO2.C3H9N/c13-10-8-6-4-2-1-3-5-7-9-11(14)12-10;1-4(2)3/h1-9H2,(H,12,13,14);1-3H3. The highest BCUT2D eigenvalue weighted by Crippen LogP contribution is 2.10. The average molecular weight is 256 g/mol. The fourth-order valence-electron chi connectivity index (χ4n) is 1.74. The van der Waals surface area contributed by atoms with Crippen molar-refractivity contribution in [3.63, 3.8) is 0 Å². The molecule has 1 heterocycles. The summed E-state index contributed by atoms with van der Waals surface area (Å²) in [7, 11) is 6.00. The number of hydrogen-bond acceptors (Lipinski definition) is 3. The minimum absolute atomic E-state index is 0.101. The van der Waals surface area contributed by atoms with Crippen LogP contribution in [-0.4, -0.2) is 37.9 Å². The maximum atomic E-state index is 11.2. The Morgan fingerprint density at radius 1 is 0.722 bits per heavy atom. The minimum Gasteiger partial charge on any atom is -0.312 e. The Kier molecular flexibility index (Phi) is 10.6. The quantitative estimate of drug-likeness (QED) is 0.677. The highest BCUT2D eigenvalue weighted by Gasteiger charge is 2.08. The van der Waals surface area contributed by atoms with Crippen molar-refractivity contribution in [1.29, 1.82) is 0 Å². The molecule has 1 aliphatic heterocycles. The molecule has 1 saturated heterocycles. The zero-order chi connectivity index (χ0) is 13.8. The highest BCUT2D eigenvalue weighted by molar-refractivity contribution is 5.95. The van der Waals surface area contributed by atoms with E-state index in [1.807, 2.05) is 26.0 Å². The molecule has 4 heteroatoms. The normalized spacial score (nSPS) is 19.1. The van der Waals surface area contributed by atoms with E-state index in [1.54, 1.807) is 0 Å². The third-order valence-corrected chi connectivity index (χ3v) is 2.59. The number of hydrogen-bond donors (Lipinski definition) is 1. The molecule has 0 aliphatic carbocycles. The van der Waals surface area contributed by atoms with E-state index in [0.29, 0.717) is 12.8 Å². The molecular weight excluding hydrogens is 228 g/mol. The third kappa shape index (κ3) is 13.2. The summed E-state index contributed by atoms with van der Waals surface area (Å²) in [6.07, 6.45) is 8.76. The number of nitrogens with one attached hydrogen (secondary N) is 1. The number of amides is 2. The van der Waals surface area contributed by atoms with Gasteiger partial charge in [-0.3, -0.25) is 14.9 Å². The first kappa shape index (κ1) is 17.1. The molecule has 0 saturated carbocycles. The smallest absolute Gasteiger partial charge is 0.226 e. The largest absolute Gasteiger partial charge is 0.312 e. The van der Waals surface area contributed by atoms with Crippen molar-refractivity contribution in [1.82, 2.24) is 10.2 Å². The summed E-state index contributed by atoms with van der Waals surface area (Å²) in [6.45, 7) is 0. The molecule has 1 fully saturated rings. The minimum atomic E-state index is -0.101. The lowest BCUT2D eigenvalue weighted by atomic mass is 10.1. The van der Waals surface area contributed by atoms with Gasteiger partial charge in [0.15, 0.2) is 0 Å². The van der Waals surface area contributed by atoms with Gasteiger partial charge in [-0.2, -0.15) is 0 Å². The Labute approximate surface area is 111 Å². The Morgan fingerprint density at radius 3 is 1.33 bits per heavy atom. The fourth-order valence-corrected chi connectivity index (χ4v) is 1.74. The molecule has 1 N–H and O–H groups in total. The molecule has 0 spiro atoms. The van der Waals surface area contributed by atoms with Crippen LogP contribution in [0, 0.1) is 0 Å². The first-order chi connectivity index (χ1) is 8.52. The van der Waals surface area contributed by atoms with Gasteiger partial charge in [-0.05, 0) is 34.0 Å². The van der Waals surface area contributed by atoms with E-state index in [0.717, 1.165) is 25.7 Å². The second kappa shape index (κ2) is 11.2. The van der Waals surface area contributed by atoms with Gasteiger partial charge < -0.3 is 4.90 Å². The van der Waals surface area contributed by atoms with Crippen molar-refractivity contribution in [2.75, 3.05) is 21.1 Å². The van der Waals surface area contributed by atoms with Gasteiger partial charge in [-0.1, -0.05) is 32.1 Å². The molecule has 4 nitrogen and oxygen atoms in total. The van der Waals surface area contributed by atoms with Crippen LogP contribution >= 0.6 is 0 Å². The fraction of sp³-hybridized carbons (Fsp3) is 0.857. The van der Waals surface area contributed by atoms with Crippen LogP contribution in [0.1, 0.15) is 57.8 Å². The second-order valence-electron chi connectivity index (χ2n) is 5.29. The zero-order valence-corrected chi connectivity index (χ0v) is 12.1. The first-order valence-corrected chi connectivity index (χ1v) is 6.96. The average Bonchev–Trinajstić information content (AvgIpc) is 2.24. The van der Waals surface area contributed by atoms with Crippen molar-refractivity contribution in [3.8, 4) is 0 Å². The molecule has 106 valence electrons. The third-order valence-electron chi connectivity index (χ3n) is 2.59.